The maximum Gasteiger partial charge on any atom is 0.140 e. The van der Waals surface area contributed by atoms with E-state index in [-0.39, 0.29) is 6.04 Å². The Hall–Kier alpha value is -1.99. The molecule has 3 rings (SSSR count). The number of hydrogen-bond donors (Lipinski definition) is 1. The molecule has 0 radical (unpaired) electrons. The number of nitrogens with zero attached hydrogens (tertiary/aromatic N) is 1. The molecule has 1 atom stereocenters. The van der Waals surface area contributed by atoms with Crippen LogP contribution in [0, 0.1) is 11.3 Å². The van der Waals surface area contributed by atoms with Crippen LogP contribution < -0.4 is 10.1 Å². The molecule has 1 aliphatic rings. The molecule has 0 fully saturated rings. The number of nitrogens with one attached hydrogen (secondary N) is 1. The first-order valence-electron chi connectivity index (χ1n) is 6.44. The molecule has 0 aliphatic carbocycles. The summed E-state index contributed by atoms with van der Waals surface area (Å²) in [6, 6.07) is 15.7. The maximum absolute atomic E-state index is 9.42. The topological polar surface area (TPSA) is 45.0 Å². The average molecular weight is 329 g/mol. The van der Waals surface area contributed by atoms with Gasteiger partial charge in [-0.2, -0.15) is 5.26 Å². The lowest BCUT2D eigenvalue weighted by Gasteiger charge is -2.15. The van der Waals surface area contributed by atoms with Crippen LogP contribution in [0.15, 0.2) is 46.9 Å². The lowest BCUT2D eigenvalue weighted by molar-refractivity contribution is 0.357. The van der Waals surface area contributed by atoms with Crippen molar-refractivity contribution in [2.45, 2.75) is 12.5 Å². The fourth-order valence-corrected chi connectivity index (χ4v) is 2.71. The number of halogens is 1. The highest BCUT2D eigenvalue weighted by molar-refractivity contribution is 9.10. The van der Waals surface area contributed by atoms with Crippen LogP contribution in [0.4, 0.5) is 5.69 Å². The van der Waals surface area contributed by atoms with E-state index in [2.05, 4.69) is 33.4 Å². The number of ether oxygens (including phenoxy) is 1. The van der Waals surface area contributed by atoms with Gasteiger partial charge in [0.1, 0.15) is 11.8 Å². The first-order valence-corrected chi connectivity index (χ1v) is 7.23. The van der Waals surface area contributed by atoms with Crippen molar-refractivity contribution < 1.29 is 4.74 Å². The Morgan fingerprint density at radius 3 is 2.90 bits per heavy atom. The molecule has 1 unspecified atom stereocenters. The largest absolute Gasteiger partial charge is 0.493 e. The number of rotatable bonds is 3. The Balaban J connectivity index is 1.87. The van der Waals surface area contributed by atoms with Gasteiger partial charge >= 0.3 is 0 Å². The minimum absolute atomic E-state index is 0.375. The van der Waals surface area contributed by atoms with E-state index in [1.165, 1.54) is 5.56 Å². The minimum Gasteiger partial charge on any atom is -0.493 e. The van der Waals surface area contributed by atoms with Gasteiger partial charge in [0.25, 0.3) is 0 Å². The lowest BCUT2D eigenvalue weighted by Crippen LogP contribution is -2.09. The van der Waals surface area contributed by atoms with Crippen LogP contribution in [-0.4, -0.2) is 6.61 Å². The van der Waals surface area contributed by atoms with Crippen molar-refractivity contribution in [3.05, 3.63) is 58.1 Å². The molecule has 20 heavy (non-hydrogen) atoms. The standard InChI is InChI=1S/C16H13BrN2O/c17-13-3-1-2-4-14(13)19-15(10-18)11-5-6-16-12(9-11)7-8-20-16/h1-6,9,15,19H,7-8H2. The number of benzene rings is 2. The molecule has 2 aromatic rings. The predicted octanol–water partition coefficient (Wildman–Crippen LogP) is 4.06. The van der Waals surface area contributed by atoms with Gasteiger partial charge in [0, 0.05) is 16.6 Å². The predicted molar refractivity (Wildman–Crippen MR) is 81.8 cm³/mol. The Morgan fingerprint density at radius 1 is 1.25 bits per heavy atom. The van der Waals surface area contributed by atoms with Crippen molar-refractivity contribution >= 4 is 21.6 Å². The Labute approximate surface area is 126 Å². The fourth-order valence-electron chi connectivity index (χ4n) is 2.31. The third-order valence-electron chi connectivity index (χ3n) is 3.35. The van der Waals surface area contributed by atoms with Gasteiger partial charge in [-0.05, 0) is 51.3 Å². The van der Waals surface area contributed by atoms with Crippen LogP contribution in [0.1, 0.15) is 17.2 Å². The second kappa shape index (κ2) is 5.56. The monoisotopic (exact) mass is 328 g/mol. The van der Waals surface area contributed by atoms with Gasteiger partial charge in [-0.3, -0.25) is 0 Å². The minimum atomic E-state index is -0.375. The van der Waals surface area contributed by atoms with E-state index in [1.807, 2.05) is 36.4 Å². The summed E-state index contributed by atoms with van der Waals surface area (Å²) in [6.07, 6.45) is 0.913. The van der Waals surface area contributed by atoms with E-state index in [9.17, 15) is 5.26 Å². The SMILES string of the molecule is N#CC(Nc1ccccc1Br)c1ccc2c(c1)CCO2. The van der Waals surface area contributed by atoms with Crippen molar-refractivity contribution in [3.8, 4) is 11.8 Å². The van der Waals surface area contributed by atoms with E-state index in [0.717, 1.165) is 34.5 Å². The van der Waals surface area contributed by atoms with Gasteiger partial charge in [-0.15, -0.1) is 0 Å². The van der Waals surface area contributed by atoms with Crippen molar-refractivity contribution in [2.24, 2.45) is 0 Å². The van der Waals surface area contributed by atoms with E-state index in [0.29, 0.717) is 0 Å². The fraction of sp³-hybridized carbons (Fsp3) is 0.188. The molecule has 100 valence electrons. The van der Waals surface area contributed by atoms with Crippen LogP contribution in [0.5, 0.6) is 5.75 Å². The van der Waals surface area contributed by atoms with Crippen molar-refractivity contribution in [2.75, 3.05) is 11.9 Å². The van der Waals surface area contributed by atoms with E-state index in [4.69, 9.17) is 4.74 Å². The molecule has 3 nitrogen and oxygen atoms in total. The number of fused-ring (bicyclic) bond motifs is 1. The van der Waals surface area contributed by atoms with Crippen LogP contribution in [-0.2, 0) is 6.42 Å². The summed E-state index contributed by atoms with van der Waals surface area (Å²) in [5.74, 6) is 0.936. The number of para-hydroxylation sites is 1. The third-order valence-corrected chi connectivity index (χ3v) is 4.04. The van der Waals surface area contributed by atoms with E-state index in [1.54, 1.807) is 0 Å². The first-order chi connectivity index (χ1) is 9.78. The summed E-state index contributed by atoms with van der Waals surface area (Å²) in [7, 11) is 0. The van der Waals surface area contributed by atoms with Crippen molar-refractivity contribution in [1.82, 2.24) is 0 Å². The zero-order chi connectivity index (χ0) is 13.9. The van der Waals surface area contributed by atoms with E-state index < -0.39 is 0 Å². The molecular weight excluding hydrogens is 316 g/mol. The number of anilines is 1. The zero-order valence-corrected chi connectivity index (χ0v) is 12.4. The first kappa shape index (κ1) is 13.0. The number of hydrogen-bond acceptors (Lipinski definition) is 3. The second-order valence-electron chi connectivity index (χ2n) is 4.65. The molecule has 0 amide bonds. The molecule has 2 aromatic carbocycles. The second-order valence-corrected chi connectivity index (χ2v) is 5.51. The van der Waals surface area contributed by atoms with Gasteiger partial charge in [0.15, 0.2) is 0 Å². The van der Waals surface area contributed by atoms with Crippen molar-refractivity contribution in [1.29, 1.82) is 5.26 Å². The maximum atomic E-state index is 9.42. The average Bonchev–Trinajstić information content (AvgIpc) is 2.94. The van der Waals surface area contributed by atoms with Gasteiger partial charge in [-0.1, -0.05) is 18.2 Å². The molecule has 0 aromatic heterocycles. The highest BCUT2D eigenvalue weighted by atomic mass is 79.9. The molecule has 1 aliphatic heterocycles. The van der Waals surface area contributed by atoms with Gasteiger partial charge in [0.2, 0.25) is 0 Å². The molecule has 0 spiro atoms. The molecule has 0 saturated heterocycles. The third kappa shape index (κ3) is 2.50. The summed E-state index contributed by atoms with van der Waals surface area (Å²) >= 11 is 3.48. The summed E-state index contributed by atoms with van der Waals surface area (Å²) in [6.45, 7) is 0.730. The van der Waals surface area contributed by atoms with Crippen LogP contribution in [0.25, 0.3) is 0 Å². The Bertz CT molecular complexity index is 678. The van der Waals surface area contributed by atoms with Crippen molar-refractivity contribution in [3.63, 3.8) is 0 Å². The molecule has 4 heteroatoms. The van der Waals surface area contributed by atoms with Gasteiger partial charge in [0.05, 0.1) is 12.7 Å². The smallest absolute Gasteiger partial charge is 0.140 e. The van der Waals surface area contributed by atoms with Crippen LogP contribution in [0.3, 0.4) is 0 Å². The zero-order valence-electron chi connectivity index (χ0n) is 10.8. The Kier molecular flexibility index (Phi) is 3.62. The van der Waals surface area contributed by atoms with E-state index >= 15 is 0 Å². The van der Waals surface area contributed by atoms with Gasteiger partial charge in [-0.25, -0.2) is 0 Å². The molecule has 0 bridgehead atoms. The Morgan fingerprint density at radius 2 is 2.10 bits per heavy atom. The highest BCUT2D eigenvalue weighted by Crippen LogP contribution is 2.30. The quantitative estimate of drug-likeness (QED) is 0.924. The lowest BCUT2D eigenvalue weighted by atomic mass is 10.0. The summed E-state index contributed by atoms with van der Waals surface area (Å²) in [5.41, 5.74) is 3.06. The molecular formula is C16H13BrN2O. The normalized spacial score (nSPS) is 14.0. The number of nitriles is 1. The van der Waals surface area contributed by atoms with Crippen LogP contribution in [0.2, 0.25) is 0 Å². The van der Waals surface area contributed by atoms with Crippen LogP contribution >= 0.6 is 15.9 Å². The molecule has 0 saturated carbocycles. The summed E-state index contributed by atoms with van der Waals surface area (Å²) in [5, 5.41) is 12.7. The summed E-state index contributed by atoms with van der Waals surface area (Å²) in [4.78, 5) is 0. The summed E-state index contributed by atoms with van der Waals surface area (Å²) < 4.78 is 6.44. The molecule has 1 N–H and O–H groups in total. The van der Waals surface area contributed by atoms with Gasteiger partial charge < -0.3 is 10.1 Å². The molecule has 1 heterocycles. The highest BCUT2D eigenvalue weighted by Gasteiger charge is 2.17.